The highest BCUT2D eigenvalue weighted by Gasteiger charge is 2.29. The summed E-state index contributed by atoms with van der Waals surface area (Å²) < 4.78 is 1.58. The van der Waals surface area contributed by atoms with Gasteiger partial charge in [-0.3, -0.25) is 9.48 Å². The van der Waals surface area contributed by atoms with Crippen LogP contribution in [0.4, 0.5) is 0 Å². The molecule has 0 atom stereocenters. The van der Waals surface area contributed by atoms with E-state index in [2.05, 4.69) is 15.1 Å². The van der Waals surface area contributed by atoms with Crippen LogP contribution in [0.1, 0.15) is 32.1 Å². The van der Waals surface area contributed by atoms with E-state index in [1.54, 1.807) is 16.6 Å². The van der Waals surface area contributed by atoms with Gasteiger partial charge in [0.1, 0.15) is 0 Å². The van der Waals surface area contributed by atoms with Crippen molar-refractivity contribution in [1.82, 2.24) is 24.6 Å². The van der Waals surface area contributed by atoms with E-state index in [1.807, 2.05) is 17.5 Å². The van der Waals surface area contributed by atoms with Crippen LogP contribution in [0.3, 0.4) is 0 Å². The average Bonchev–Trinajstić information content (AvgIpc) is 3.29. The Morgan fingerprint density at radius 3 is 2.69 bits per heavy atom. The molecular weight excluding hydrogens is 354 g/mol. The number of carbonyl (C=O) groups is 2. The average molecular weight is 369 g/mol. The van der Waals surface area contributed by atoms with Crippen LogP contribution in [-0.4, -0.2) is 48.2 Å². The summed E-state index contributed by atoms with van der Waals surface area (Å²) in [6.45, 7) is 0.716. The lowest BCUT2D eigenvalue weighted by atomic mass is 10.0. The Morgan fingerprint density at radius 2 is 2.04 bits per heavy atom. The van der Waals surface area contributed by atoms with E-state index in [0.29, 0.717) is 29.9 Å². The number of hydrogen-bond acceptors (Lipinski definition) is 6. The summed E-state index contributed by atoms with van der Waals surface area (Å²) in [6.07, 6.45) is 3.59. The Balaban J connectivity index is 1.57. The third-order valence-corrected chi connectivity index (χ3v) is 5.24. The first kappa shape index (κ1) is 16.4. The fourth-order valence-electron chi connectivity index (χ4n) is 3.09. The van der Waals surface area contributed by atoms with E-state index in [-0.39, 0.29) is 18.1 Å². The number of carbonyl (C=O) groups excluding carboxylic acids is 1. The predicted molar refractivity (Wildman–Crippen MR) is 94.0 cm³/mol. The maximum atomic E-state index is 12.8. The van der Waals surface area contributed by atoms with Crippen LogP contribution in [0.15, 0.2) is 29.9 Å². The first-order valence-corrected chi connectivity index (χ1v) is 8.86. The number of thiophene rings is 1. The number of aromatic carboxylic acids is 1. The summed E-state index contributed by atoms with van der Waals surface area (Å²) >= 11 is 1.53. The van der Waals surface area contributed by atoms with Gasteiger partial charge in [-0.2, -0.15) is 5.10 Å². The molecule has 0 unspecified atom stereocenters. The number of nitrogens with zero attached hydrogens (tertiary/aromatic N) is 5. The minimum absolute atomic E-state index is 0.00398. The Kier molecular flexibility index (Phi) is 4.00. The first-order valence-electron chi connectivity index (χ1n) is 7.98. The van der Waals surface area contributed by atoms with Crippen LogP contribution < -0.4 is 0 Å². The highest BCUT2D eigenvalue weighted by molar-refractivity contribution is 7.13. The van der Waals surface area contributed by atoms with Gasteiger partial charge < -0.3 is 10.0 Å². The fraction of sp³-hybridized carbons (Fsp3) is 0.235. The Bertz CT molecular complexity index is 979. The lowest BCUT2D eigenvalue weighted by Gasteiger charge is -2.27. The van der Waals surface area contributed by atoms with Crippen molar-refractivity contribution in [2.75, 3.05) is 6.54 Å². The normalized spacial score (nSPS) is 13.5. The van der Waals surface area contributed by atoms with E-state index >= 15 is 0 Å². The van der Waals surface area contributed by atoms with Crippen molar-refractivity contribution in [3.8, 4) is 10.7 Å². The van der Waals surface area contributed by atoms with E-state index in [9.17, 15) is 14.7 Å². The summed E-state index contributed by atoms with van der Waals surface area (Å²) in [5.41, 5.74) is 1.84. The molecular formula is C17H15N5O3S. The number of fused-ring (bicyclic) bond motifs is 1. The van der Waals surface area contributed by atoms with Gasteiger partial charge in [0.05, 0.1) is 17.0 Å². The smallest absolute Gasteiger partial charge is 0.356 e. The molecule has 1 N–H and O–H groups in total. The number of amides is 1. The minimum Gasteiger partial charge on any atom is -0.476 e. The van der Waals surface area contributed by atoms with Crippen molar-refractivity contribution in [1.29, 1.82) is 0 Å². The van der Waals surface area contributed by atoms with Crippen molar-refractivity contribution in [3.63, 3.8) is 0 Å². The fourth-order valence-corrected chi connectivity index (χ4v) is 3.76. The number of aryl methyl sites for hydroxylation is 1. The molecule has 8 nitrogen and oxygen atoms in total. The highest BCUT2D eigenvalue weighted by atomic mass is 32.1. The van der Waals surface area contributed by atoms with Crippen LogP contribution in [0.5, 0.6) is 0 Å². The van der Waals surface area contributed by atoms with Crippen molar-refractivity contribution in [3.05, 3.63) is 52.4 Å². The van der Waals surface area contributed by atoms with Gasteiger partial charge in [0.25, 0.3) is 5.91 Å². The van der Waals surface area contributed by atoms with E-state index in [0.717, 1.165) is 10.6 Å². The molecule has 0 spiro atoms. The van der Waals surface area contributed by atoms with Gasteiger partial charge in [0.2, 0.25) is 0 Å². The molecule has 9 heteroatoms. The zero-order valence-corrected chi connectivity index (χ0v) is 14.7. The van der Waals surface area contributed by atoms with Crippen LogP contribution >= 0.6 is 11.3 Å². The minimum atomic E-state index is -1.08. The Labute approximate surface area is 152 Å². The second-order valence-corrected chi connectivity index (χ2v) is 6.90. The predicted octanol–water partition coefficient (Wildman–Crippen LogP) is 1.84. The Hall–Kier alpha value is -3.07. The largest absolute Gasteiger partial charge is 0.476 e. The molecule has 0 aliphatic carbocycles. The first-order chi connectivity index (χ1) is 12.5. The number of carboxylic acid groups (broad SMARTS) is 1. The molecule has 0 aromatic carbocycles. The number of carboxylic acids is 1. The van der Waals surface area contributed by atoms with Crippen LogP contribution in [-0.2, 0) is 20.0 Å². The van der Waals surface area contributed by atoms with Crippen LogP contribution in [0, 0.1) is 0 Å². The second kappa shape index (κ2) is 6.34. The monoisotopic (exact) mass is 369 g/mol. The molecule has 1 aliphatic heterocycles. The summed E-state index contributed by atoms with van der Waals surface area (Å²) in [5.74, 6) is -0.716. The molecule has 3 aromatic heterocycles. The van der Waals surface area contributed by atoms with Gasteiger partial charge in [0.15, 0.2) is 11.5 Å². The molecule has 0 fully saturated rings. The molecule has 132 valence electrons. The molecule has 4 heterocycles. The molecule has 4 rings (SSSR count). The van der Waals surface area contributed by atoms with Gasteiger partial charge in [-0.05, 0) is 11.4 Å². The quantitative estimate of drug-likeness (QED) is 0.756. The number of aromatic nitrogens is 4. The SMILES string of the molecule is Cn1nc(C(=O)O)c2c1CCN(C(=O)c1cnc(-c3cccs3)nc1)C2. The Morgan fingerprint density at radius 1 is 1.27 bits per heavy atom. The van der Waals surface area contributed by atoms with Crippen LogP contribution in [0.25, 0.3) is 10.7 Å². The zero-order chi connectivity index (χ0) is 18.3. The molecule has 0 bridgehead atoms. The summed E-state index contributed by atoms with van der Waals surface area (Å²) in [5, 5.41) is 15.3. The maximum Gasteiger partial charge on any atom is 0.356 e. The van der Waals surface area contributed by atoms with E-state index in [4.69, 9.17) is 0 Å². The van der Waals surface area contributed by atoms with E-state index in [1.165, 1.54) is 23.7 Å². The van der Waals surface area contributed by atoms with Gasteiger partial charge >= 0.3 is 5.97 Å². The molecule has 0 saturated carbocycles. The van der Waals surface area contributed by atoms with E-state index < -0.39 is 5.97 Å². The van der Waals surface area contributed by atoms with Gasteiger partial charge in [-0.15, -0.1) is 11.3 Å². The standard InChI is InChI=1S/C17H15N5O3S/c1-21-12-4-5-22(9-11(12)14(20-21)17(24)25)16(23)10-7-18-15(19-8-10)13-3-2-6-26-13/h2-3,6-8H,4-5,9H2,1H3,(H,24,25). The van der Waals surface area contributed by atoms with Gasteiger partial charge in [-0.1, -0.05) is 6.07 Å². The maximum absolute atomic E-state index is 12.8. The van der Waals surface area contributed by atoms with Crippen molar-refractivity contribution in [2.24, 2.45) is 7.05 Å². The molecule has 26 heavy (non-hydrogen) atoms. The van der Waals surface area contributed by atoms with Crippen molar-refractivity contribution in [2.45, 2.75) is 13.0 Å². The topological polar surface area (TPSA) is 101 Å². The molecule has 1 aliphatic rings. The molecule has 3 aromatic rings. The molecule has 0 saturated heterocycles. The highest BCUT2D eigenvalue weighted by Crippen LogP contribution is 2.24. The van der Waals surface area contributed by atoms with Crippen molar-refractivity contribution >= 4 is 23.2 Å². The summed E-state index contributed by atoms with van der Waals surface area (Å²) in [4.78, 5) is 35.2. The lowest BCUT2D eigenvalue weighted by molar-refractivity contribution is 0.0674. The van der Waals surface area contributed by atoms with Crippen LogP contribution in [0.2, 0.25) is 0 Å². The van der Waals surface area contributed by atoms with Gasteiger partial charge in [-0.25, -0.2) is 14.8 Å². The molecule has 1 amide bonds. The third-order valence-electron chi connectivity index (χ3n) is 4.37. The second-order valence-electron chi connectivity index (χ2n) is 5.95. The molecule has 0 radical (unpaired) electrons. The summed E-state index contributed by atoms with van der Waals surface area (Å²) in [6, 6.07) is 3.84. The van der Waals surface area contributed by atoms with Gasteiger partial charge in [0, 0.05) is 43.7 Å². The number of hydrogen-bond donors (Lipinski definition) is 1. The van der Waals surface area contributed by atoms with Crippen molar-refractivity contribution < 1.29 is 14.7 Å². The lowest BCUT2D eigenvalue weighted by Crippen LogP contribution is -2.36. The number of rotatable bonds is 3. The zero-order valence-electron chi connectivity index (χ0n) is 13.9. The third kappa shape index (κ3) is 2.76. The summed E-state index contributed by atoms with van der Waals surface area (Å²) in [7, 11) is 1.72.